The molecule has 0 aliphatic heterocycles. The summed E-state index contributed by atoms with van der Waals surface area (Å²) in [6.07, 6.45) is 0. The van der Waals surface area contributed by atoms with Crippen LogP contribution in [0.4, 0.5) is 0 Å². The van der Waals surface area contributed by atoms with Crippen LogP contribution in [0.1, 0.15) is 11.1 Å². The molecule has 0 aliphatic rings. The van der Waals surface area contributed by atoms with Gasteiger partial charge in [-0.1, -0.05) is 28.6 Å². The fraction of sp³-hybridized carbons (Fsp3) is 0.250. The molecule has 1 aromatic carbocycles. The van der Waals surface area contributed by atoms with Crippen LogP contribution in [-0.2, 0) is 6.54 Å². The van der Waals surface area contributed by atoms with Crippen LogP contribution in [0, 0.1) is 11.3 Å². The van der Waals surface area contributed by atoms with Gasteiger partial charge in [0.15, 0.2) is 0 Å². The molecule has 1 rings (SSSR count). The van der Waals surface area contributed by atoms with Crippen molar-refractivity contribution in [3.63, 3.8) is 0 Å². The fourth-order valence-electron chi connectivity index (χ4n) is 1.28. The topological polar surface area (TPSA) is 45.0 Å². The summed E-state index contributed by atoms with van der Waals surface area (Å²) in [7, 11) is 1.56. The summed E-state index contributed by atoms with van der Waals surface area (Å²) >= 11 is 3.27. The van der Waals surface area contributed by atoms with E-state index in [1.807, 2.05) is 12.1 Å². The molecule has 16 heavy (non-hydrogen) atoms. The molecule has 0 amide bonds. The Morgan fingerprint density at radius 2 is 2.38 bits per heavy atom. The summed E-state index contributed by atoms with van der Waals surface area (Å²) in [6.45, 7) is 5.16. The second-order valence-corrected chi connectivity index (χ2v) is 4.39. The highest BCUT2D eigenvalue weighted by molar-refractivity contribution is 9.11. The third kappa shape index (κ3) is 3.69. The Balaban J connectivity index is 2.69. The zero-order valence-corrected chi connectivity index (χ0v) is 10.7. The van der Waals surface area contributed by atoms with Gasteiger partial charge in [0.25, 0.3) is 0 Å². The van der Waals surface area contributed by atoms with E-state index in [0.717, 1.165) is 10.0 Å². The highest BCUT2D eigenvalue weighted by Crippen LogP contribution is 2.19. The third-order valence-electron chi connectivity index (χ3n) is 2.03. The summed E-state index contributed by atoms with van der Waals surface area (Å²) in [5.41, 5.74) is 1.63. The monoisotopic (exact) mass is 280 g/mol. The normalized spacial score (nSPS) is 9.56. The molecule has 0 unspecified atom stereocenters. The minimum Gasteiger partial charge on any atom is -0.495 e. The van der Waals surface area contributed by atoms with Gasteiger partial charge in [-0.05, 0) is 17.7 Å². The predicted molar refractivity (Wildman–Crippen MR) is 67.5 cm³/mol. The Labute approximate surface area is 104 Å². The number of halogens is 1. The van der Waals surface area contributed by atoms with Crippen molar-refractivity contribution in [3.05, 3.63) is 40.4 Å². The maximum absolute atomic E-state index is 8.83. The van der Waals surface area contributed by atoms with Crippen LogP contribution in [0.3, 0.4) is 0 Å². The van der Waals surface area contributed by atoms with Crippen molar-refractivity contribution in [2.75, 3.05) is 13.7 Å². The van der Waals surface area contributed by atoms with Crippen molar-refractivity contribution in [2.45, 2.75) is 6.54 Å². The van der Waals surface area contributed by atoms with Gasteiger partial charge in [0.2, 0.25) is 0 Å². The second kappa shape index (κ2) is 6.31. The van der Waals surface area contributed by atoms with Gasteiger partial charge in [-0.2, -0.15) is 5.26 Å². The number of hydrogen-bond donors (Lipinski definition) is 1. The van der Waals surface area contributed by atoms with Crippen molar-refractivity contribution in [1.29, 1.82) is 5.26 Å². The Bertz CT molecular complexity index is 424. The number of rotatable bonds is 5. The minimum atomic E-state index is 0.552. The molecule has 0 fully saturated rings. The number of benzene rings is 1. The first-order chi connectivity index (χ1) is 7.67. The van der Waals surface area contributed by atoms with E-state index in [0.29, 0.717) is 24.4 Å². The zero-order valence-electron chi connectivity index (χ0n) is 9.09. The van der Waals surface area contributed by atoms with Gasteiger partial charge in [-0.3, -0.25) is 0 Å². The van der Waals surface area contributed by atoms with Gasteiger partial charge in [0.05, 0.1) is 12.7 Å². The first-order valence-electron chi connectivity index (χ1n) is 4.78. The summed E-state index contributed by atoms with van der Waals surface area (Å²) in [5, 5.41) is 12.0. The Morgan fingerprint density at radius 1 is 1.62 bits per heavy atom. The minimum absolute atomic E-state index is 0.552. The number of nitrogens with zero attached hydrogens (tertiary/aromatic N) is 1. The van der Waals surface area contributed by atoms with E-state index in [2.05, 4.69) is 33.9 Å². The number of methoxy groups -OCH3 is 1. The molecule has 4 heteroatoms. The molecular weight excluding hydrogens is 268 g/mol. The van der Waals surface area contributed by atoms with Crippen LogP contribution in [0.25, 0.3) is 0 Å². The summed E-state index contributed by atoms with van der Waals surface area (Å²) in [5.74, 6) is 0.611. The first kappa shape index (κ1) is 12.8. The highest BCUT2D eigenvalue weighted by atomic mass is 79.9. The Kier molecular flexibility index (Phi) is 5.03. The highest BCUT2D eigenvalue weighted by Gasteiger charge is 2.03. The molecular formula is C12H13BrN2O. The quantitative estimate of drug-likeness (QED) is 0.902. The molecule has 0 radical (unpaired) electrons. The SMILES string of the molecule is C=C(Br)CNCc1ccc(C#N)c(OC)c1. The molecule has 3 nitrogen and oxygen atoms in total. The fourth-order valence-corrected chi connectivity index (χ4v) is 1.48. The van der Waals surface area contributed by atoms with Gasteiger partial charge in [0.1, 0.15) is 11.8 Å². The molecule has 1 N–H and O–H groups in total. The van der Waals surface area contributed by atoms with E-state index in [-0.39, 0.29) is 0 Å². The van der Waals surface area contributed by atoms with Crippen LogP contribution in [0.5, 0.6) is 5.75 Å². The maximum atomic E-state index is 8.83. The maximum Gasteiger partial charge on any atom is 0.136 e. The van der Waals surface area contributed by atoms with Crippen LogP contribution >= 0.6 is 15.9 Å². The summed E-state index contributed by atoms with van der Waals surface area (Å²) < 4.78 is 6.04. The standard InChI is InChI=1S/C12H13BrN2O/c1-9(13)7-15-8-10-3-4-11(6-14)12(5-10)16-2/h3-5,15H,1,7-8H2,2H3. The molecule has 0 bridgehead atoms. The number of nitriles is 1. The lowest BCUT2D eigenvalue weighted by atomic mass is 10.1. The Morgan fingerprint density at radius 3 is 2.94 bits per heavy atom. The molecule has 0 saturated carbocycles. The van der Waals surface area contributed by atoms with Gasteiger partial charge in [-0.25, -0.2) is 0 Å². The number of nitrogens with one attached hydrogen (secondary N) is 1. The average Bonchev–Trinajstić information content (AvgIpc) is 2.28. The van der Waals surface area contributed by atoms with Crippen molar-refractivity contribution in [2.24, 2.45) is 0 Å². The third-order valence-corrected chi connectivity index (χ3v) is 2.31. The van der Waals surface area contributed by atoms with Crippen LogP contribution < -0.4 is 10.1 Å². The summed E-state index contributed by atoms with van der Waals surface area (Å²) in [6, 6.07) is 7.62. The van der Waals surface area contributed by atoms with E-state index in [4.69, 9.17) is 10.00 Å². The molecule has 0 heterocycles. The molecule has 84 valence electrons. The van der Waals surface area contributed by atoms with E-state index in [1.165, 1.54) is 0 Å². The lowest BCUT2D eigenvalue weighted by molar-refractivity contribution is 0.413. The van der Waals surface area contributed by atoms with Gasteiger partial charge in [-0.15, -0.1) is 0 Å². The van der Waals surface area contributed by atoms with Gasteiger partial charge in [0, 0.05) is 17.6 Å². The van der Waals surface area contributed by atoms with Crippen molar-refractivity contribution >= 4 is 15.9 Å². The average molecular weight is 281 g/mol. The molecule has 0 aliphatic carbocycles. The van der Waals surface area contributed by atoms with Gasteiger partial charge >= 0.3 is 0 Å². The Hall–Kier alpha value is -1.31. The van der Waals surface area contributed by atoms with E-state index >= 15 is 0 Å². The molecule has 0 spiro atoms. The first-order valence-corrected chi connectivity index (χ1v) is 5.57. The van der Waals surface area contributed by atoms with Crippen LogP contribution in [0.15, 0.2) is 29.3 Å². The van der Waals surface area contributed by atoms with Crippen molar-refractivity contribution < 1.29 is 4.74 Å². The van der Waals surface area contributed by atoms with E-state index in [9.17, 15) is 0 Å². The molecule has 0 atom stereocenters. The smallest absolute Gasteiger partial charge is 0.136 e. The molecule has 0 aromatic heterocycles. The van der Waals surface area contributed by atoms with E-state index in [1.54, 1.807) is 13.2 Å². The predicted octanol–water partition coefficient (Wildman–Crippen LogP) is 2.57. The van der Waals surface area contributed by atoms with Crippen molar-refractivity contribution in [3.8, 4) is 11.8 Å². The van der Waals surface area contributed by atoms with Crippen LogP contribution in [0.2, 0.25) is 0 Å². The lowest BCUT2D eigenvalue weighted by Crippen LogP contribution is -2.14. The largest absolute Gasteiger partial charge is 0.495 e. The van der Waals surface area contributed by atoms with Crippen LogP contribution in [-0.4, -0.2) is 13.7 Å². The molecule has 1 aromatic rings. The van der Waals surface area contributed by atoms with E-state index < -0.39 is 0 Å². The zero-order chi connectivity index (χ0) is 12.0. The van der Waals surface area contributed by atoms with Crippen molar-refractivity contribution in [1.82, 2.24) is 5.32 Å². The lowest BCUT2D eigenvalue weighted by Gasteiger charge is -2.07. The van der Waals surface area contributed by atoms with Gasteiger partial charge < -0.3 is 10.1 Å². The number of ether oxygens (including phenoxy) is 1. The second-order valence-electron chi connectivity index (χ2n) is 3.27. The summed E-state index contributed by atoms with van der Waals surface area (Å²) in [4.78, 5) is 0. The molecule has 0 saturated heterocycles. The number of hydrogen-bond acceptors (Lipinski definition) is 3.